The van der Waals surface area contributed by atoms with E-state index in [4.69, 9.17) is 0 Å². The van der Waals surface area contributed by atoms with Gasteiger partial charge in [0.1, 0.15) is 0 Å². The van der Waals surface area contributed by atoms with Gasteiger partial charge in [0.15, 0.2) is 0 Å². The van der Waals surface area contributed by atoms with Crippen molar-refractivity contribution in [2.75, 3.05) is 18.0 Å². The van der Waals surface area contributed by atoms with Crippen LogP contribution < -0.4 is 10.2 Å². The van der Waals surface area contributed by atoms with E-state index in [2.05, 4.69) is 48.3 Å². The molecule has 1 aromatic carbocycles. The Morgan fingerprint density at radius 1 is 1.21 bits per heavy atom. The van der Waals surface area contributed by atoms with Crippen molar-refractivity contribution < 1.29 is 4.79 Å². The molecule has 1 aliphatic heterocycles. The number of carbonyl (C=O) groups excluding carboxylic acids is 1. The zero-order chi connectivity index (χ0) is 13.7. The second-order valence-electron chi connectivity index (χ2n) is 5.74. The van der Waals surface area contributed by atoms with Crippen molar-refractivity contribution in [2.45, 2.75) is 39.7 Å². The molecule has 3 heteroatoms. The molecular formula is C16H24N2O. The Hall–Kier alpha value is -1.51. The lowest BCUT2D eigenvalue weighted by molar-refractivity contribution is -0.121. The lowest BCUT2D eigenvalue weighted by Crippen LogP contribution is -2.24. The molecule has 1 amide bonds. The molecule has 0 saturated carbocycles. The monoisotopic (exact) mass is 260 g/mol. The van der Waals surface area contributed by atoms with Gasteiger partial charge < -0.3 is 10.2 Å². The minimum atomic E-state index is 0.138. The fourth-order valence-electron chi connectivity index (χ4n) is 2.44. The van der Waals surface area contributed by atoms with E-state index in [-0.39, 0.29) is 5.91 Å². The molecule has 0 radical (unpaired) electrons. The zero-order valence-electron chi connectivity index (χ0n) is 12.0. The standard InChI is InChI=1S/C16H24N2O/c1-13(2)11-16(19)17-12-14-5-7-15(8-6-14)18-9-3-4-10-18/h5-8,13H,3-4,9-12H2,1-2H3,(H,17,19). The molecule has 0 spiro atoms. The third-order valence-corrected chi connectivity index (χ3v) is 3.49. The third kappa shape index (κ3) is 4.27. The van der Waals surface area contributed by atoms with Gasteiger partial charge in [-0.05, 0) is 36.5 Å². The molecule has 1 aliphatic rings. The predicted molar refractivity (Wildman–Crippen MR) is 79.2 cm³/mol. The largest absolute Gasteiger partial charge is 0.372 e. The van der Waals surface area contributed by atoms with Crippen molar-refractivity contribution in [3.05, 3.63) is 29.8 Å². The highest BCUT2D eigenvalue weighted by Gasteiger charge is 2.11. The van der Waals surface area contributed by atoms with Crippen molar-refractivity contribution in [3.63, 3.8) is 0 Å². The van der Waals surface area contributed by atoms with Crippen LogP contribution >= 0.6 is 0 Å². The molecule has 0 unspecified atom stereocenters. The summed E-state index contributed by atoms with van der Waals surface area (Å²) in [7, 11) is 0. The fraction of sp³-hybridized carbons (Fsp3) is 0.562. The quantitative estimate of drug-likeness (QED) is 0.883. The average molecular weight is 260 g/mol. The lowest BCUT2D eigenvalue weighted by atomic mass is 10.1. The molecular weight excluding hydrogens is 236 g/mol. The second-order valence-corrected chi connectivity index (χ2v) is 5.74. The highest BCUT2D eigenvalue weighted by Crippen LogP contribution is 2.20. The number of hydrogen-bond acceptors (Lipinski definition) is 2. The van der Waals surface area contributed by atoms with Crippen molar-refractivity contribution in [1.29, 1.82) is 0 Å². The minimum Gasteiger partial charge on any atom is -0.372 e. The van der Waals surface area contributed by atoms with Gasteiger partial charge in [0.25, 0.3) is 0 Å². The van der Waals surface area contributed by atoms with Crippen LogP contribution in [0.4, 0.5) is 5.69 Å². The van der Waals surface area contributed by atoms with Gasteiger partial charge in [-0.3, -0.25) is 4.79 Å². The van der Waals surface area contributed by atoms with Crippen LogP contribution in [0.5, 0.6) is 0 Å². The molecule has 0 aliphatic carbocycles. The number of carbonyl (C=O) groups is 1. The van der Waals surface area contributed by atoms with E-state index in [0.717, 1.165) is 0 Å². The van der Waals surface area contributed by atoms with Gasteiger partial charge in [-0.15, -0.1) is 0 Å². The third-order valence-electron chi connectivity index (χ3n) is 3.49. The van der Waals surface area contributed by atoms with Crippen molar-refractivity contribution in [1.82, 2.24) is 5.32 Å². The molecule has 0 aromatic heterocycles. The van der Waals surface area contributed by atoms with Crippen molar-refractivity contribution in [2.24, 2.45) is 5.92 Å². The van der Waals surface area contributed by atoms with Crippen LogP contribution in [0.2, 0.25) is 0 Å². The smallest absolute Gasteiger partial charge is 0.220 e. The maximum absolute atomic E-state index is 11.6. The first-order valence-corrected chi connectivity index (χ1v) is 7.26. The molecule has 19 heavy (non-hydrogen) atoms. The van der Waals surface area contributed by atoms with Crippen molar-refractivity contribution in [3.8, 4) is 0 Å². The van der Waals surface area contributed by atoms with Crippen LogP contribution in [0.1, 0.15) is 38.7 Å². The first kappa shape index (κ1) is 13.9. The molecule has 0 bridgehead atoms. The minimum absolute atomic E-state index is 0.138. The van der Waals surface area contributed by atoms with Gasteiger partial charge in [0, 0.05) is 31.7 Å². The molecule has 1 aromatic rings. The summed E-state index contributed by atoms with van der Waals surface area (Å²) in [6.07, 6.45) is 3.20. The molecule has 1 heterocycles. The van der Waals surface area contributed by atoms with Gasteiger partial charge in [-0.25, -0.2) is 0 Å². The van der Waals surface area contributed by atoms with E-state index < -0.39 is 0 Å². The molecule has 2 rings (SSSR count). The molecule has 3 nitrogen and oxygen atoms in total. The Labute approximate surface area is 116 Å². The highest BCUT2D eigenvalue weighted by molar-refractivity contribution is 5.76. The Bertz CT molecular complexity index is 405. The predicted octanol–water partition coefficient (Wildman–Crippen LogP) is 2.95. The number of hydrogen-bond donors (Lipinski definition) is 1. The summed E-state index contributed by atoms with van der Waals surface area (Å²) in [4.78, 5) is 14.0. The number of rotatable bonds is 5. The summed E-state index contributed by atoms with van der Waals surface area (Å²) < 4.78 is 0. The van der Waals surface area contributed by atoms with Crippen LogP contribution in [0.3, 0.4) is 0 Å². The number of nitrogens with zero attached hydrogens (tertiary/aromatic N) is 1. The van der Waals surface area contributed by atoms with Gasteiger partial charge in [-0.1, -0.05) is 26.0 Å². The SMILES string of the molecule is CC(C)CC(=O)NCc1ccc(N2CCCC2)cc1. The van der Waals surface area contributed by atoms with Gasteiger partial charge in [0.2, 0.25) is 5.91 Å². The summed E-state index contributed by atoms with van der Waals surface area (Å²) in [6, 6.07) is 8.55. The summed E-state index contributed by atoms with van der Waals surface area (Å²) >= 11 is 0. The summed E-state index contributed by atoms with van der Waals surface area (Å²) in [6.45, 7) is 7.09. The maximum atomic E-state index is 11.6. The Kier molecular flexibility index (Phi) is 4.83. The molecule has 1 N–H and O–H groups in total. The summed E-state index contributed by atoms with van der Waals surface area (Å²) in [5.41, 5.74) is 2.47. The van der Waals surface area contributed by atoms with E-state index in [1.807, 2.05) is 0 Å². The average Bonchev–Trinajstić information content (AvgIpc) is 2.90. The normalized spacial score (nSPS) is 15.0. The van der Waals surface area contributed by atoms with E-state index >= 15 is 0 Å². The lowest BCUT2D eigenvalue weighted by Gasteiger charge is -2.17. The van der Waals surface area contributed by atoms with Gasteiger partial charge in [-0.2, -0.15) is 0 Å². The van der Waals surface area contributed by atoms with Crippen LogP contribution in [-0.4, -0.2) is 19.0 Å². The topological polar surface area (TPSA) is 32.3 Å². The van der Waals surface area contributed by atoms with E-state index in [9.17, 15) is 4.79 Å². The summed E-state index contributed by atoms with van der Waals surface area (Å²) in [5, 5.41) is 2.97. The maximum Gasteiger partial charge on any atom is 0.220 e. The first-order chi connectivity index (χ1) is 9.15. The van der Waals surface area contributed by atoms with Crippen LogP contribution in [0.25, 0.3) is 0 Å². The van der Waals surface area contributed by atoms with Crippen LogP contribution in [0, 0.1) is 5.92 Å². The van der Waals surface area contributed by atoms with Crippen molar-refractivity contribution >= 4 is 11.6 Å². The Balaban J connectivity index is 1.83. The van der Waals surface area contributed by atoms with Crippen LogP contribution in [0.15, 0.2) is 24.3 Å². The number of amides is 1. The molecule has 104 valence electrons. The van der Waals surface area contributed by atoms with Gasteiger partial charge in [0.05, 0.1) is 0 Å². The number of nitrogens with one attached hydrogen (secondary N) is 1. The number of benzene rings is 1. The van der Waals surface area contributed by atoms with Gasteiger partial charge >= 0.3 is 0 Å². The molecule has 0 atom stereocenters. The highest BCUT2D eigenvalue weighted by atomic mass is 16.1. The first-order valence-electron chi connectivity index (χ1n) is 7.26. The second kappa shape index (κ2) is 6.60. The molecule has 1 saturated heterocycles. The van der Waals surface area contributed by atoms with E-state index in [1.54, 1.807) is 0 Å². The number of anilines is 1. The Morgan fingerprint density at radius 2 is 1.84 bits per heavy atom. The fourth-order valence-corrected chi connectivity index (χ4v) is 2.44. The van der Waals surface area contributed by atoms with Crippen LogP contribution in [-0.2, 0) is 11.3 Å². The van der Waals surface area contributed by atoms with E-state index in [0.29, 0.717) is 18.9 Å². The zero-order valence-corrected chi connectivity index (χ0v) is 12.0. The molecule has 1 fully saturated rings. The van der Waals surface area contributed by atoms with E-state index in [1.165, 1.54) is 37.2 Å². The Morgan fingerprint density at radius 3 is 2.42 bits per heavy atom. The summed E-state index contributed by atoms with van der Waals surface area (Å²) in [5.74, 6) is 0.552.